The van der Waals surface area contributed by atoms with Crippen molar-refractivity contribution >= 4 is 23.3 Å². The standard InChI is InChI=1S/C6H11NO2S/c1-5(8)6(4-10-3)7-9-2/h4H2,1-3H3. The second-order valence-electron chi connectivity index (χ2n) is 1.71. The average molecular weight is 161 g/mol. The van der Waals surface area contributed by atoms with E-state index in [1.165, 1.54) is 14.0 Å². The summed E-state index contributed by atoms with van der Waals surface area (Å²) < 4.78 is 0. The molecule has 0 unspecified atom stereocenters. The van der Waals surface area contributed by atoms with E-state index in [4.69, 9.17) is 0 Å². The van der Waals surface area contributed by atoms with Gasteiger partial charge in [0.1, 0.15) is 12.8 Å². The molecule has 0 aromatic carbocycles. The molecule has 10 heavy (non-hydrogen) atoms. The minimum atomic E-state index is -0.0313. The van der Waals surface area contributed by atoms with Crippen molar-refractivity contribution in [1.29, 1.82) is 0 Å². The van der Waals surface area contributed by atoms with Gasteiger partial charge < -0.3 is 4.84 Å². The predicted molar refractivity (Wildman–Crippen MR) is 43.5 cm³/mol. The van der Waals surface area contributed by atoms with Crippen LogP contribution in [0.2, 0.25) is 0 Å². The molecule has 0 N–H and O–H groups in total. The molecule has 0 saturated heterocycles. The van der Waals surface area contributed by atoms with Crippen LogP contribution in [0.1, 0.15) is 6.92 Å². The van der Waals surface area contributed by atoms with Crippen molar-refractivity contribution in [2.45, 2.75) is 6.92 Å². The van der Waals surface area contributed by atoms with Gasteiger partial charge in [-0.15, -0.1) is 0 Å². The fourth-order valence-corrected chi connectivity index (χ4v) is 0.969. The van der Waals surface area contributed by atoms with Gasteiger partial charge >= 0.3 is 0 Å². The Morgan fingerprint density at radius 1 is 1.70 bits per heavy atom. The third-order valence-corrected chi connectivity index (χ3v) is 1.45. The predicted octanol–water partition coefficient (Wildman–Crippen LogP) is 0.941. The summed E-state index contributed by atoms with van der Waals surface area (Å²) in [5.41, 5.74) is 0.481. The number of ketones is 1. The number of hydrogen-bond acceptors (Lipinski definition) is 4. The normalized spacial score (nSPS) is 11.3. The number of carbonyl (C=O) groups excluding carboxylic acids is 1. The first-order valence-corrected chi connectivity index (χ1v) is 4.21. The molecule has 58 valence electrons. The molecule has 0 saturated carbocycles. The molecule has 0 rings (SSSR count). The lowest BCUT2D eigenvalue weighted by Crippen LogP contribution is -2.12. The van der Waals surface area contributed by atoms with E-state index in [0.717, 1.165) is 0 Å². The van der Waals surface area contributed by atoms with Crippen molar-refractivity contribution < 1.29 is 9.63 Å². The number of Topliss-reactive ketones (excluding diaryl/α,β-unsaturated/α-hetero) is 1. The van der Waals surface area contributed by atoms with Crippen LogP contribution in [-0.4, -0.2) is 30.6 Å². The fourth-order valence-electron chi connectivity index (χ4n) is 0.439. The molecular formula is C6H11NO2S. The van der Waals surface area contributed by atoms with E-state index in [1.807, 2.05) is 6.26 Å². The molecule has 0 fully saturated rings. The Labute approximate surface area is 64.8 Å². The molecule has 0 aromatic rings. The van der Waals surface area contributed by atoms with Crippen LogP contribution >= 0.6 is 11.8 Å². The van der Waals surface area contributed by atoms with Gasteiger partial charge in [-0.05, 0) is 6.26 Å². The minimum absolute atomic E-state index is 0.0313. The Morgan fingerprint density at radius 2 is 2.30 bits per heavy atom. The fraction of sp³-hybridized carbons (Fsp3) is 0.667. The molecule has 0 amide bonds. The Kier molecular flexibility index (Phi) is 5.02. The lowest BCUT2D eigenvalue weighted by atomic mass is 10.3. The van der Waals surface area contributed by atoms with Gasteiger partial charge in [-0.25, -0.2) is 0 Å². The topological polar surface area (TPSA) is 38.7 Å². The lowest BCUT2D eigenvalue weighted by molar-refractivity contribution is -0.111. The van der Waals surface area contributed by atoms with Gasteiger partial charge in [0.2, 0.25) is 0 Å². The maximum atomic E-state index is 10.7. The molecule has 0 atom stereocenters. The van der Waals surface area contributed by atoms with Gasteiger partial charge in [0.25, 0.3) is 0 Å². The third-order valence-electron chi connectivity index (χ3n) is 0.889. The van der Waals surface area contributed by atoms with Crippen molar-refractivity contribution in [3.8, 4) is 0 Å². The number of nitrogens with zero attached hydrogens (tertiary/aromatic N) is 1. The minimum Gasteiger partial charge on any atom is -0.399 e. The number of hydrogen-bond donors (Lipinski definition) is 0. The number of rotatable bonds is 4. The van der Waals surface area contributed by atoms with E-state index in [-0.39, 0.29) is 5.78 Å². The first kappa shape index (κ1) is 9.49. The molecule has 0 aliphatic heterocycles. The average Bonchev–Trinajstić information content (AvgIpc) is 1.87. The van der Waals surface area contributed by atoms with Gasteiger partial charge in [-0.3, -0.25) is 4.79 Å². The quantitative estimate of drug-likeness (QED) is 0.455. The van der Waals surface area contributed by atoms with E-state index in [9.17, 15) is 4.79 Å². The lowest BCUT2D eigenvalue weighted by Gasteiger charge is -1.96. The van der Waals surface area contributed by atoms with E-state index < -0.39 is 0 Å². The summed E-state index contributed by atoms with van der Waals surface area (Å²) in [6, 6.07) is 0. The van der Waals surface area contributed by atoms with Gasteiger partial charge in [-0.1, -0.05) is 5.16 Å². The highest BCUT2D eigenvalue weighted by Gasteiger charge is 2.04. The highest BCUT2D eigenvalue weighted by molar-refractivity contribution is 7.99. The van der Waals surface area contributed by atoms with Crippen LogP contribution in [0.4, 0.5) is 0 Å². The van der Waals surface area contributed by atoms with E-state index in [2.05, 4.69) is 9.99 Å². The Balaban J connectivity index is 3.98. The summed E-state index contributed by atoms with van der Waals surface area (Å²) in [7, 11) is 1.43. The maximum absolute atomic E-state index is 10.7. The molecule has 0 aromatic heterocycles. The van der Waals surface area contributed by atoms with Crippen molar-refractivity contribution in [2.75, 3.05) is 19.1 Å². The second-order valence-corrected chi connectivity index (χ2v) is 2.58. The van der Waals surface area contributed by atoms with Gasteiger partial charge in [0, 0.05) is 12.7 Å². The molecule has 0 spiro atoms. The summed E-state index contributed by atoms with van der Waals surface area (Å²) in [5, 5.41) is 3.56. The van der Waals surface area contributed by atoms with Crippen LogP contribution < -0.4 is 0 Å². The summed E-state index contributed by atoms with van der Waals surface area (Å²) >= 11 is 1.55. The number of oxime groups is 1. The smallest absolute Gasteiger partial charge is 0.178 e. The first-order valence-electron chi connectivity index (χ1n) is 2.82. The van der Waals surface area contributed by atoms with Crippen LogP contribution in [0, 0.1) is 0 Å². The van der Waals surface area contributed by atoms with Crippen LogP contribution in [-0.2, 0) is 9.63 Å². The highest BCUT2D eigenvalue weighted by atomic mass is 32.2. The van der Waals surface area contributed by atoms with Crippen molar-refractivity contribution in [3.63, 3.8) is 0 Å². The molecule has 0 aliphatic rings. The number of thioether (sulfide) groups is 1. The highest BCUT2D eigenvalue weighted by Crippen LogP contribution is 1.95. The molecule has 0 radical (unpaired) electrons. The van der Waals surface area contributed by atoms with E-state index in [0.29, 0.717) is 11.5 Å². The summed E-state index contributed by atoms with van der Waals surface area (Å²) in [4.78, 5) is 15.2. The summed E-state index contributed by atoms with van der Waals surface area (Å²) in [6.07, 6.45) is 1.91. The molecule has 0 heterocycles. The Morgan fingerprint density at radius 3 is 2.60 bits per heavy atom. The van der Waals surface area contributed by atoms with Crippen molar-refractivity contribution in [2.24, 2.45) is 5.16 Å². The summed E-state index contributed by atoms with van der Waals surface area (Å²) in [6.45, 7) is 1.48. The van der Waals surface area contributed by atoms with Crippen molar-refractivity contribution in [3.05, 3.63) is 0 Å². The number of carbonyl (C=O) groups is 1. The zero-order valence-electron chi connectivity index (χ0n) is 6.38. The zero-order chi connectivity index (χ0) is 7.98. The molecule has 3 nitrogen and oxygen atoms in total. The maximum Gasteiger partial charge on any atom is 0.178 e. The molecular weight excluding hydrogens is 150 g/mol. The third kappa shape index (κ3) is 3.50. The zero-order valence-corrected chi connectivity index (χ0v) is 7.20. The second kappa shape index (κ2) is 5.29. The van der Waals surface area contributed by atoms with E-state index in [1.54, 1.807) is 11.8 Å². The first-order chi connectivity index (χ1) is 4.72. The van der Waals surface area contributed by atoms with Gasteiger partial charge in [0.05, 0.1) is 0 Å². The van der Waals surface area contributed by atoms with Crippen LogP contribution in [0.3, 0.4) is 0 Å². The van der Waals surface area contributed by atoms with Gasteiger partial charge in [0.15, 0.2) is 5.78 Å². The monoisotopic (exact) mass is 161 g/mol. The van der Waals surface area contributed by atoms with Crippen LogP contribution in [0.15, 0.2) is 5.16 Å². The largest absolute Gasteiger partial charge is 0.399 e. The molecule has 0 bridgehead atoms. The summed E-state index contributed by atoms with van der Waals surface area (Å²) in [5.74, 6) is 0.583. The SMILES string of the molecule is CON=C(CSC)C(C)=O. The van der Waals surface area contributed by atoms with Crippen LogP contribution in [0.5, 0.6) is 0 Å². The molecule has 4 heteroatoms. The Hall–Kier alpha value is -0.510. The van der Waals surface area contributed by atoms with Gasteiger partial charge in [-0.2, -0.15) is 11.8 Å². The molecule has 0 aliphatic carbocycles. The van der Waals surface area contributed by atoms with Crippen molar-refractivity contribution in [1.82, 2.24) is 0 Å². The van der Waals surface area contributed by atoms with Crippen LogP contribution in [0.25, 0.3) is 0 Å². The Bertz CT molecular complexity index is 145. The van der Waals surface area contributed by atoms with E-state index >= 15 is 0 Å².